The van der Waals surface area contributed by atoms with Crippen LogP contribution in [0.2, 0.25) is 0 Å². The predicted molar refractivity (Wildman–Crippen MR) is 44.2 cm³/mol. The van der Waals surface area contributed by atoms with Crippen molar-refractivity contribution < 1.29 is 4.74 Å². The lowest BCUT2D eigenvalue weighted by atomic mass is 10.3. The highest BCUT2D eigenvalue weighted by atomic mass is 16.5. The van der Waals surface area contributed by atoms with Crippen molar-refractivity contribution in [2.24, 2.45) is 0 Å². The van der Waals surface area contributed by atoms with Gasteiger partial charge >= 0.3 is 0 Å². The van der Waals surface area contributed by atoms with Gasteiger partial charge in [-0.15, -0.1) is 0 Å². The summed E-state index contributed by atoms with van der Waals surface area (Å²) in [6, 6.07) is 2.08. The lowest BCUT2D eigenvalue weighted by Gasteiger charge is -2.04. The Balaban J connectivity index is 2.97. The Morgan fingerprint density at radius 1 is 1.55 bits per heavy atom. The van der Waals surface area contributed by atoms with Crippen LogP contribution >= 0.6 is 0 Å². The minimum atomic E-state index is -0.0301. The summed E-state index contributed by atoms with van der Waals surface area (Å²) in [5, 5.41) is 11.5. The third-order valence-electron chi connectivity index (χ3n) is 1.42. The Hall–Kier alpha value is -0.590. The predicted octanol–water partition coefficient (Wildman–Crippen LogP) is 0.915. The maximum absolute atomic E-state index is 8.40. The van der Waals surface area contributed by atoms with E-state index >= 15 is 0 Å². The fourth-order valence-electron chi connectivity index (χ4n) is 0.736. The molecule has 0 radical (unpaired) electrons. The Kier molecular flexibility index (Phi) is 7.11. The fourth-order valence-corrected chi connectivity index (χ4v) is 0.736. The van der Waals surface area contributed by atoms with Crippen LogP contribution in [-0.4, -0.2) is 26.3 Å². The summed E-state index contributed by atoms with van der Waals surface area (Å²) >= 11 is 0. The van der Waals surface area contributed by atoms with Crippen LogP contribution in [0.3, 0.4) is 0 Å². The van der Waals surface area contributed by atoms with Crippen molar-refractivity contribution in [3.63, 3.8) is 0 Å². The van der Waals surface area contributed by atoms with Crippen LogP contribution < -0.4 is 5.32 Å². The largest absolute Gasteiger partial charge is 0.385 e. The monoisotopic (exact) mass is 156 g/mol. The number of hydrogen-bond donors (Lipinski definition) is 1. The minimum Gasteiger partial charge on any atom is -0.385 e. The molecule has 0 bridgehead atoms. The topological polar surface area (TPSA) is 45.0 Å². The van der Waals surface area contributed by atoms with E-state index < -0.39 is 0 Å². The smallest absolute Gasteiger partial charge is 0.0924 e. The van der Waals surface area contributed by atoms with Crippen molar-refractivity contribution in [3.05, 3.63) is 0 Å². The summed E-state index contributed by atoms with van der Waals surface area (Å²) in [7, 11) is 1.70. The maximum atomic E-state index is 8.40. The Morgan fingerprint density at radius 2 is 2.27 bits per heavy atom. The third kappa shape index (κ3) is 7.31. The molecule has 0 saturated carbocycles. The molecule has 11 heavy (non-hydrogen) atoms. The van der Waals surface area contributed by atoms with E-state index in [0.29, 0.717) is 0 Å². The summed E-state index contributed by atoms with van der Waals surface area (Å²) in [4.78, 5) is 0. The summed E-state index contributed by atoms with van der Waals surface area (Å²) in [5.41, 5.74) is 0. The fraction of sp³-hybridized carbons (Fsp3) is 0.875. The van der Waals surface area contributed by atoms with Gasteiger partial charge in [-0.05, 0) is 26.3 Å². The van der Waals surface area contributed by atoms with E-state index in [1.54, 1.807) is 7.11 Å². The molecule has 0 heterocycles. The Labute approximate surface area is 68.3 Å². The zero-order valence-electron chi connectivity index (χ0n) is 7.26. The second-order valence-electron chi connectivity index (χ2n) is 2.50. The maximum Gasteiger partial charge on any atom is 0.0924 e. The van der Waals surface area contributed by atoms with Gasteiger partial charge in [0.25, 0.3) is 0 Å². The number of ether oxygens (including phenoxy) is 1. The first-order valence-corrected chi connectivity index (χ1v) is 3.93. The van der Waals surface area contributed by atoms with E-state index in [2.05, 4.69) is 11.4 Å². The lowest BCUT2D eigenvalue weighted by Crippen LogP contribution is -2.25. The average molecular weight is 156 g/mol. The van der Waals surface area contributed by atoms with E-state index in [1.165, 1.54) is 0 Å². The molecule has 0 aromatic heterocycles. The van der Waals surface area contributed by atoms with Crippen molar-refractivity contribution >= 4 is 0 Å². The van der Waals surface area contributed by atoms with Gasteiger partial charge in [-0.2, -0.15) is 5.26 Å². The molecule has 0 aliphatic rings. The van der Waals surface area contributed by atoms with Crippen LogP contribution in [0.5, 0.6) is 0 Å². The first-order chi connectivity index (χ1) is 5.31. The number of rotatable bonds is 6. The van der Waals surface area contributed by atoms with Crippen LogP contribution in [0.25, 0.3) is 0 Å². The number of nitrogens with zero attached hydrogens (tertiary/aromatic N) is 1. The van der Waals surface area contributed by atoms with Gasteiger partial charge in [-0.1, -0.05) is 0 Å². The van der Waals surface area contributed by atoms with Crippen molar-refractivity contribution in [2.75, 3.05) is 20.3 Å². The molecule has 0 amide bonds. The molecule has 1 unspecified atom stereocenters. The number of nitrogens with one attached hydrogen (secondary N) is 1. The minimum absolute atomic E-state index is 0.0301. The average Bonchev–Trinajstić information content (AvgIpc) is 2.04. The highest BCUT2D eigenvalue weighted by molar-refractivity contribution is 4.84. The SMILES string of the molecule is COCCCCNC(C)C#N. The molecule has 0 aromatic carbocycles. The van der Waals surface area contributed by atoms with Crippen LogP contribution in [0.1, 0.15) is 19.8 Å². The van der Waals surface area contributed by atoms with Crippen LogP contribution in [0.4, 0.5) is 0 Å². The van der Waals surface area contributed by atoms with Gasteiger partial charge in [0.2, 0.25) is 0 Å². The van der Waals surface area contributed by atoms with E-state index in [-0.39, 0.29) is 6.04 Å². The third-order valence-corrected chi connectivity index (χ3v) is 1.42. The van der Waals surface area contributed by atoms with Crippen LogP contribution in [0, 0.1) is 11.3 Å². The molecule has 1 atom stereocenters. The van der Waals surface area contributed by atoms with E-state index in [1.807, 2.05) is 6.92 Å². The lowest BCUT2D eigenvalue weighted by molar-refractivity contribution is 0.192. The van der Waals surface area contributed by atoms with Crippen molar-refractivity contribution in [2.45, 2.75) is 25.8 Å². The first-order valence-electron chi connectivity index (χ1n) is 3.93. The van der Waals surface area contributed by atoms with E-state index in [9.17, 15) is 0 Å². The number of hydrogen-bond acceptors (Lipinski definition) is 3. The number of methoxy groups -OCH3 is 1. The standard InChI is InChI=1S/C8H16N2O/c1-8(7-9)10-5-3-4-6-11-2/h8,10H,3-6H2,1-2H3. The molecule has 0 aliphatic heterocycles. The van der Waals surface area contributed by atoms with Crippen molar-refractivity contribution in [1.29, 1.82) is 5.26 Å². The van der Waals surface area contributed by atoms with E-state index in [4.69, 9.17) is 10.00 Å². The number of unbranched alkanes of at least 4 members (excludes halogenated alkanes) is 1. The highest BCUT2D eigenvalue weighted by Gasteiger charge is 1.95. The summed E-state index contributed by atoms with van der Waals surface area (Å²) in [5.74, 6) is 0. The van der Waals surface area contributed by atoms with Gasteiger partial charge in [0.15, 0.2) is 0 Å². The second kappa shape index (κ2) is 7.52. The molecule has 0 fully saturated rings. The first kappa shape index (κ1) is 10.4. The van der Waals surface area contributed by atoms with Crippen LogP contribution in [-0.2, 0) is 4.74 Å². The molecular formula is C8H16N2O. The Bertz CT molecular complexity index is 120. The molecule has 0 aromatic rings. The molecule has 0 rings (SSSR count). The summed E-state index contributed by atoms with van der Waals surface area (Å²) in [6.45, 7) is 3.57. The summed E-state index contributed by atoms with van der Waals surface area (Å²) < 4.78 is 4.88. The van der Waals surface area contributed by atoms with Gasteiger partial charge in [-0.25, -0.2) is 0 Å². The second-order valence-corrected chi connectivity index (χ2v) is 2.50. The van der Waals surface area contributed by atoms with Gasteiger partial charge < -0.3 is 10.1 Å². The van der Waals surface area contributed by atoms with Crippen molar-refractivity contribution in [3.8, 4) is 6.07 Å². The quantitative estimate of drug-likeness (QED) is 0.581. The van der Waals surface area contributed by atoms with Crippen molar-refractivity contribution in [1.82, 2.24) is 5.32 Å². The molecule has 0 saturated heterocycles. The molecule has 0 spiro atoms. The molecular weight excluding hydrogens is 140 g/mol. The summed E-state index contributed by atoms with van der Waals surface area (Å²) in [6.07, 6.45) is 2.13. The molecule has 0 aliphatic carbocycles. The van der Waals surface area contributed by atoms with E-state index in [0.717, 1.165) is 26.0 Å². The highest BCUT2D eigenvalue weighted by Crippen LogP contribution is 1.87. The normalized spacial score (nSPS) is 12.5. The molecule has 3 heteroatoms. The number of nitriles is 1. The zero-order chi connectivity index (χ0) is 8.53. The molecule has 3 nitrogen and oxygen atoms in total. The van der Waals surface area contributed by atoms with Gasteiger partial charge in [0.1, 0.15) is 0 Å². The Morgan fingerprint density at radius 3 is 2.82 bits per heavy atom. The zero-order valence-corrected chi connectivity index (χ0v) is 7.26. The molecule has 1 N–H and O–H groups in total. The van der Waals surface area contributed by atoms with Gasteiger partial charge in [0, 0.05) is 13.7 Å². The van der Waals surface area contributed by atoms with Gasteiger partial charge in [0.05, 0.1) is 12.1 Å². The van der Waals surface area contributed by atoms with Crippen LogP contribution in [0.15, 0.2) is 0 Å². The van der Waals surface area contributed by atoms with Gasteiger partial charge in [-0.3, -0.25) is 0 Å². The molecule has 64 valence electrons.